The lowest BCUT2D eigenvalue weighted by Gasteiger charge is -2.11. The highest BCUT2D eigenvalue weighted by Gasteiger charge is 2.02. The van der Waals surface area contributed by atoms with E-state index in [2.05, 4.69) is 18.3 Å². The Morgan fingerprint density at radius 3 is 2.67 bits per heavy atom. The van der Waals surface area contributed by atoms with Crippen LogP contribution in [0.4, 0.5) is 5.69 Å². The molecule has 0 amide bonds. The summed E-state index contributed by atoms with van der Waals surface area (Å²) in [4.78, 5) is 0.432. The molecule has 0 bridgehead atoms. The van der Waals surface area contributed by atoms with Crippen molar-refractivity contribution in [3.05, 3.63) is 59.2 Å². The number of benzene rings is 2. The van der Waals surface area contributed by atoms with Crippen molar-refractivity contribution in [3.63, 3.8) is 0 Å². The van der Waals surface area contributed by atoms with Crippen molar-refractivity contribution in [3.8, 4) is 5.75 Å². The predicted molar refractivity (Wildman–Crippen MR) is 92.2 cm³/mol. The molecule has 3 N–H and O–H groups in total. The largest absolute Gasteiger partial charge is 0.492 e. The van der Waals surface area contributed by atoms with Gasteiger partial charge in [0.25, 0.3) is 0 Å². The molecule has 0 radical (unpaired) electrons. The summed E-state index contributed by atoms with van der Waals surface area (Å²) in [6.07, 6.45) is 0. The zero-order chi connectivity index (χ0) is 15.2. The third-order valence-corrected chi connectivity index (χ3v) is 3.40. The summed E-state index contributed by atoms with van der Waals surface area (Å²) in [5, 5.41) is 3.33. The molecule has 0 aromatic heterocycles. The molecule has 0 unspecified atom stereocenters. The Morgan fingerprint density at radius 2 is 2.00 bits per heavy atom. The Hall–Kier alpha value is -2.07. The van der Waals surface area contributed by atoms with Gasteiger partial charge in [0, 0.05) is 17.8 Å². The van der Waals surface area contributed by atoms with Crippen LogP contribution in [0.2, 0.25) is 0 Å². The average Bonchev–Trinajstić information content (AvgIpc) is 2.43. The summed E-state index contributed by atoms with van der Waals surface area (Å²) < 4.78 is 5.70. The quantitative estimate of drug-likeness (QED) is 0.634. The first-order valence-corrected chi connectivity index (χ1v) is 7.31. The second-order valence-electron chi connectivity index (χ2n) is 4.99. The highest BCUT2D eigenvalue weighted by Crippen LogP contribution is 2.15. The van der Waals surface area contributed by atoms with Gasteiger partial charge in [-0.25, -0.2) is 0 Å². The monoisotopic (exact) mass is 300 g/mol. The smallest absolute Gasteiger partial charge is 0.119 e. The van der Waals surface area contributed by atoms with E-state index in [4.69, 9.17) is 22.7 Å². The third kappa shape index (κ3) is 4.46. The minimum Gasteiger partial charge on any atom is -0.492 e. The molecule has 21 heavy (non-hydrogen) atoms. The van der Waals surface area contributed by atoms with E-state index in [1.807, 2.05) is 43.3 Å². The van der Waals surface area contributed by atoms with Crippen LogP contribution in [0, 0.1) is 13.8 Å². The SMILES string of the molecule is Cc1cccc(OCCNc2ccc(C(N)=S)c(C)c2)c1. The lowest BCUT2D eigenvalue weighted by molar-refractivity contribution is 0.332. The van der Waals surface area contributed by atoms with Crippen LogP contribution >= 0.6 is 12.2 Å². The molecule has 0 aliphatic heterocycles. The van der Waals surface area contributed by atoms with E-state index in [1.54, 1.807) is 0 Å². The van der Waals surface area contributed by atoms with Gasteiger partial charge in [-0.3, -0.25) is 0 Å². The Balaban J connectivity index is 1.84. The number of hydrogen-bond donors (Lipinski definition) is 2. The van der Waals surface area contributed by atoms with Crippen LogP contribution in [0.3, 0.4) is 0 Å². The van der Waals surface area contributed by atoms with Crippen LogP contribution in [0.15, 0.2) is 42.5 Å². The first-order chi connectivity index (χ1) is 10.1. The Labute approximate surface area is 131 Å². The molecule has 0 aliphatic carbocycles. The van der Waals surface area contributed by atoms with Crippen LogP contribution in [-0.2, 0) is 0 Å². The van der Waals surface area contributed by atoms with Gasteiger partial charge in [-0.05, 0) is 55.3 Å². The van der Waals surface area contributed by atoms with E-state index < -0.39 is 0 Å². The second kappa shape index (κ2) is 7.09. The zero-order valence-corrected chi connectivity index (χ0v) is 13.2. The number of rotatable bonds is 6. The molecule has 0 aliphatic rings. The molecular weight excluding hydrogens is 280 g/mol. The van der Waals surface area contributed by atoms with Crippen LogP contribution in [0.5, 0.6) is 5.75 Å². The van der Waals surface area contributed by atoms with Gasteiger partial charge < -0.3 is 15.8 Å². The van der Waals surface area contributed by atoms with Crippen molar-refractivity contribution in [2.75, 3.05) is 18.5 Å². The summed E-state index contributed by atoms with van der Waals surface area (Å²) in [6, 6.07) is 14.0. The Kier molecular flexibility index (Phi) is 5.17. The van der Waals surface area contributed by atoms with E-state index >= 15 is 0 Å². The summed E-state index contributed by atoms with van der Waals surface area (Å²) in [5.41, 5.74) is 9.89. The fourth-order valence-corrected chi connectivity index (χ4v) is 2.35. The molecule has 2 aromatic rings. The Morgan fingerprint density at radius 1 is 1.19 bits per heavy atom. The van der Waals surface area contributed by atoms with Crippen molar-refractivity contribution < 1.29 is 4.74 Å². The average molecular weight is 300 g/mol. The molecule has 3 nitrogen and oxygen atoms in total. The zero-order valence-electron chi connectivity index (χ0n) is 12.3. The summed E-state index contributed by atoms with van der Waals surface area (Å²) in [5.74, 6) is 0.900. The van der Waals surface area contributed by atoms with Gasteiger partial charge in [0.05, 0.1) is 0 Å². The van der Waals surface area contributed by atoms with Gasteiger partial charge in [-0.1, -0.05) is 24.4 Å². The first-order valence-electron chi connectivity index (χ1n) is 6.90. The van der Waals surface area contributed by atoms with E-state index in [9.17, 15) is 0 Å². The molecule has 2 aromatic carbocycles. The molecule has 0 saturated carbocycles. The normalized spacial score (nSPS) is 10.2. The highest BCUT2D eigenvalue weighted by atomic mass is 32.1. The maximum atomic E-state index is 5.70. The standard InChI is InChI=1S/C17H20N2OS/c1-12-4-3-5-15(10-12)20-9-8-19-14-6-7-16(17(18)21)13(2)11-14/h3-7,10-11,19H,8-9H2,1-2H3,(H2,18,21). The molecule has 2 rings (SSSR count). The van der Waals surface area contributed by atoms with Crippen molar-refractivity contribution >= 4 is 22.9 Å². The maximum absolute atomic E-state index is 5.70. The lowest BCUT2D eigenvalue weighted by atomic mass is 10.1. The molecule has 0 heterocycles. The van der Waals surface area contributed by atoms with Crippen molar-refractivity contribution in [2.45, 2.75) is 13.8 Å². The van der Waals surface area contributed by atoms with Gasteiger partial charge in [0.15, 0.2) is 0 Å². The van der Waals surface area contributed by atoms with Crippen molar-refractivity contribution in [1.29, 1.82) is 0 Å². The maximum Gasteiger partial charge on any atom is 0.119 e. The number of aryl methyl sites for hydroxylation is 2. The van der Waals surface area contributed by atoms with Gasteiger partial charge in [0.1, 0.15) is 17.3 Å². The van der Waals surface area contributed by atoms with Crippen LogP contribution in [0.25, 0.3) is 0 Å². The number of hydrogen-bond acceptors (Lipinski definition) is 3. The number of nitrogens with one attached hydrogen (secondary N) is 1. The summed E-state index contributed by atoms with van der Waals surface area (Å²) >= 11 is 5.00. The van der Waals surface area contributed by atoms with Crippen LogP contribution in [0.1, 0.15) is 16.7 Å². The lowest BCUT2D eigenvalue weighted by Crippen LogP contribution is -2.13. The highest BCUT2D eigenvalue weighted by molar-refractivity contribution is 7.80. The topological polar surface area (TPSA) is 47.3 Å². The summed E-state index contributed by atoms with van der Waals surface area (Å²) in [6.45, 7) is 5.40. The molecule has 0 fully saturated rings. The van der Waals surface area contributed by atoms with Gasteiger partial charge >= 0.3 is 0 Å². The second-order valence-corrected chi connectivity index (χ2v) is 5.43. The van der Waals surface area contributed by atoms with E-state index in [-0.39, 0.29) is 0 Å². The molecule has 4 heteroatoms. The molecule has 0 atom stereocenters. The van der Waals surface area contributed by atoms with E-state index in [0.717, 1.165) is 29.1 Å². The minimum atomic E-state index is 0.432. The van der Waals surface area contributed by atoms with Gasteiger partial charge in [0.2, 0.25) is 0 Å². The molecule has 110 valence electrons. The number of nitrogens with two attached hydrogens (primary N) is 1. The Bertz CT molecular complexity index is 640. The predicted octanol–water partition coefficient (Wildman–Crippen LogP) is 3.43. The minimum absolute atomic E-state index is 0.432. The fourth-order valence-electron chi connectivity index (χ4n) is 2.12. The van der Waals surface area contributed by atoms with Gasteiger partial charge in [-0.2, -0.15) is 0 Å². The summed E-state index contributed by atoms with van der Waals surface area (Å²) in [7, 11) is 0. The van der Waals surface area contributed by atoms with Crippen molar-refractivity contribution in [2.24, 2.45) is 5.73 Å². The third-order valence-electron chi connectivity index (χ3n) is 3.18. The van der Waals surface area contributed by atoms with E-state index in [1.165, 1.54) is 5.56 Å². The molecular formula is C17H20N2OS. The molecule has 0 spiro atoms. The fraction of sp³-hybridized carbons (Fsp3) is 0.235. The number of ether oxygens (including phenoxy) is 1. The van der Waals surface area contributed by atoms with Gasteiger partial charge in [-0.15, -0.1) is 0 Å². The van der Waals surface area contributed by atoms with E-state index in [0.29, 0.717) is 11.6 Å². The molecule has 0 saturated heterocycles. The van der Waals surface area contributed by atoms with Crippen LogP contribution in [-0.4, -0.2) is 18.1 Å². The van der Waals surface area contributed by atoms with Crippen molar-refractivity contribution in [1.82, 2.24) is 0 Å². The van der Waals surface area contributed by atoms with Crippen LogP contribution < -0.4 is 15.8 Å². The number of thiocarbonyl (C=S) groups is 1. The first kappa shape index (κ1) is 15.3. The number of anilines is 1.